The van der Waals surface area contributed by atoms with Gasteiger partial charge in [-0.2, -0.15) is 4.31 Å². The number of sulfonamides is 1. The third-order valence-corrected chi connectivity index (χ3v) is 8.47. The summed E-state index contributed by atoms with van der Waals surface area (Å²) in [5, 5.41) is 3.96. The van der Waals surface area contributed by atoms with E-state index in [0.717, 1.165) is 43.1 Å². The number of piperidine rings is 1. The van der Waals surface area contributed by atoms with Gasteiger partial charge >= 0.3 is 0 Å². The maximum atomic E-state index is 13.3. The smallest absolute Gasteiger partial charge is 0.243 e. The van der Waals surface area contributed by atoms with E-state index in [0.29, 0.717) is 24.4 Å². The topological polar surface area (TPSA) is 71.4 Å². The van der Waals surface area contributed by atoms with Crippen molar-refractivity contribution < 1.29 is 13.2 Å². The van der Waals surface area contributed by atoms with E-state index in [1.165, 1.54) is 22.7 Å². The molecule has 1 N–H and O–H groups in total. The van der Waals surface area contributed by atoms with Crippen molar-refractivity contribution in [2.45, 2.75) is 63.3 Å². The molecule has 31 heavy (non-hydrogen) atoms. The molecule has 0 radical (unpaired) electrons. The van der Waals surface area contributed by atoms with Gasteiger partial charge in [-0.25, -0.2) is 8.42 Å². The molecule has 1 amide bonds. The van der Waals surface area contributed by atoms with Crippen LogP contribution in [0.2, 0.25) is 0 Å². The largest absolute Gasteiger partial charge is 0.356 e. The molecule has 0 spiro atoms. The van der Waals surface area contributed by atoms with E-state index < -0.39 is 10.0 Å². The van der Waals surface area contributed by atoms with Crippen LogP contribution in [0.5, 0.6) is 0 Å². The fraction of sp³-hybridized carbons (Fsp3) is 0.542. The van der Waals surface area contributed by atoms with Gasteiger partial charge in [0.1, 0.15) is 0 Å². The molecule has 1 aromatic heterocycles. The SMILES string of the molecule is CCn1ccc2cc(S(=O)(=O)N3CCC[C@@H](C(=O)NCCC4=CCCCC4)C3)ccc21. The standard InChI is InChI=1S/C24H33N3O3S/c1-2-26-16-13-20-17-22(10-11-23(20)26)31(29,30)27-15-6-9-21(18-27)24(28)25-14-12-19-7-4-3-5-8-19/h7,10-11,13,16-17,21H,2-6,8-9,12,14-15,18H2,1H3,(H,25,28)/t21-/m1/s1. The van der Waals surface area contributed by atoms with Crippen LogP contribution in [0.15, 0.2) is 47.0 Å². The predicted octanol–water partition coefficient (Wildman–Crippen LogP) is 4.07. The van der Waals surface area contributed by atoms with Gasteiger partial charge in [0.2, 0.25) is 15.9 Å². The number of nitrogens with one attached hydrogen (secondary N) is 1. The average molecular weight is 444 g/mol. The van der Waals surface area contributed by atoms with Crippen LogP contribution in [0.1, 0.15) is 51.9 Å². The number of benzene rings is 1. The number of carbonyl (C=O) groups is 1. The highest BCUT2D eigenvalue weighted by Gasteiger charge is 2.33. The van der Waals surface area contributed by atoms with E-state index in [-0.39, 0.29) is 18.4 Å². The molecule has 0 unspecified atom stereocenters. The molecule has 2 aromatic rings. The van der Waals surface area contributed by atoms with Gasteiger partial charge in [-0.1, -0.05) is 11.6 Å². The molecule has 168 valence electrons. The normalized spacial score (nSPS) is 20.5. The van der Waals surface area contributed by atoms with E-state index in [2.05, 4.69) is 22.9 Å². The highest BCUT2D eigenvalue weighted by molar-refractivity contribution is 7.89. The van der Waals surface area contributed by atoms with E-state index in [4.69, 9.17) is 0 Å². The minimum Gasteiger partial charge on any atom is -0.356 e. The van der Waals surface area contributed by atoms with Gasteiger partial charge in [0, 0.05) is 43.3 Å². The first-order valence-corrected chi connectivity index (χ1v) is 13.0. The quantitative estimate of drug-likeness (QED) is 0.656. The summed E-state index contributed by atoms with van der Waals surface area (Å²) in [5.41, 5.74) is 2.47. The first kappa shape index (κ1) is 22.1. The number of fused-ring (bicyclic) bond motifs is 1. The summed E-state index contributed by atoms with van der Waals surface area (Å²) >= 11 is 0. The number of allylic oxidation sites excluding steroid dienone is 1. The molecular weight excluding hydrogens is 410 g/mol. The second-order valence-corrected chi connectivity index (χ2v) is 10.6. The molecule has 2 aliphatic rings. The Morgan fingerprint density at radius 2 is 2.06 bits per heavy atom. The van der Waals surface area contributed by atoms with E-state index >= 15 is 0 Å². The lowest BCUT2D eigenvalue weighted by Gasteiger charge is -2.31. The summed E-state index contributed by atoms with van der Waals surface area (Å²) in [7, 11) is -3.62. The molecule has 1 saturated heterocycles. The van der Waals surface area contributed by atoms with Crippen LogP contribution in [0.25, 0.3) is 10.9 Å². The number of amides is 1. The van der Waals surface area contributed by atoms with Crippen molar-refractivity contribution in [3.63, 3.8) is 0 Å². The number of aryl methyl sites for hydroxylation is 1. The Morgan fingerprint density at radius 3 is 2.84 bits per heavy atom. The monoisotopic (exact) mass is 443 g/mol. The van der Waals surface area contributed by atoms with Crippen LogP contribution in [0, 0.1) is 5.92 Å². The number of hydrogen-bond acceptors (Lipinski definition) is 3. The Balaban J connectivity index is 1.39. The second-order valence-electron chi connectivity index (χ2n) is 8.67. The van der Waals surface area contributed by atoms with Gasteiger partial charge in [-0.15, -0.1) is 0 Å². The second kappa shape index (κ2) is 9.57. The van der Waals surface area contributed by atoms with Crippen LogP contribution in [-0.2, 0) is 21.4 Å². The van der Waals surface area contributed by atoms with Gasteiger partial charge in [0.05, 0.1) is 10.8 Å². The Bertz CT molecular complexity index is 1070. The summed E-state index contributed by atoms with van der Waals surface area (Å²) in [6.07, 6.45) is 11.4. The van der Waals surface area contributed by atoms with Crippen molar-refractivity contribution in [1.82, 2.24) is 14.2 Å². The summed E-state index contributed by atoms with van der Waals surface area (Å²) in [6.45, 7) is 4.27. The van der Waals surface area contributed by atoms with E-state index in [9.17, 15) is 13.2 Å². The summed E-state index contributed by atoms with van der Waals surface area (Å²) < 4.78 is 30.1. The van der Waals surface area contributed by atoms with Crippen molar-refractivity contribution in [3.8, 4) is 0 Å². The lowest BCUT2D eigenvalue weighted by molar-refractivity contribution is -0.126. The minimum atomic E-state index is -3.62. The van der Waals surface area contributed by atoms with Crippen LogP contribution in [-0.4, -0.2) is 42.8 Å². The summed E-state index contributed by atoms with van der Waals surface area (Å²) in [5.74, 6) is -0.305. The number of nitrogens with zero attached hydrogens (tertiary/aromatic N) is 2. The molecule has 6 nitrogen and oxygen atoms in total. The zero-order valence-electron chi connectivity index (χ0n) is 18.3. The van der Waals surface area contributed by atoms with Gasteiger partial charge in [0.25, 0.3) is 0 Å². The fourth-order valence-electron chi connectivity index (χ4n) is 4.76. The molecule has 7 heteroatoms. The van der Waals surface area contributed by atoms with Crippen molar-refractivity contribution in [2.24, 2.45) is 5.92 Å². The highest BCUT2D eigenvalue weighted by Crippen LogP contribution is 2.27. The number of aromatic nitrogens is 1. The molecule has 0 bridgehead atoms. The first-order valence-electron chi connectivity index (χ1n) is 11.5. The van der Waals surface area contributed by atoms with E-state index in [1.54, 1.807) is 12.1 Å². The highest BCUT2D eigenvalue weighted by atomic mass is 32.2. The molecular formula is C24H33N3O3S. The maximum absolute atomic E-state index is 13.3. The lowest BCUT2D eigenvalue weighted by Crippen LogP contribution is -2.45. The molecule has 1 aromatic carbocycles. The Labute approximate surface area is 185 Å². The maximum Gasteiger partial charge on any atom is 0.243 e. The Morgan fingerprint density at radius 1 is 1.19 bits per heavy atom. The zero-order chi connectivity index (χ0) is 21.8. The Kier molecular flexibility index (Phi) is 6.82. The summed E-state index contributed by atoms with van der Waals surface area (Å²) in [6, 6.07) is 7.26. The Hall–Kier alpha value is -2.12. The van der Waals surface area contributed by atoms with Gasteiger partial charge in [0.15, 0.2) is 0 Å². The van der Waals surface area contributed by atoms with Crippen LogP contribution >= 0.6 is 0 Å². The third-order valence-electron chi connectivity index (χ3n) is 6.61. The third kappa shape index (κ3) is 4.88. The molecule has 0 saturated carbocycles. The first-order chi connectivity index (χ1) is 15.0. The fourth-order valence-corrected chi connectivity index (χ4v) is 6.32. The molecule has 1 atom stereocenters. The molecule has 1 aliphatic heterocycles. The molecule has 4 rings (SSSR count). The van der Waals surface area contributed by atoms with Crippen LogP contribution in [0.3, 0.4) is 0 Å². The molecule has 1 aliphatic carbocycles. The van der Waals surface area contributed by atoms with Crippen molar-refractivity contribution in [3.05, 3.63) is 42.1 Å². The molecule has 1 fully saturated rings. The number of hydrogen-bond donors (Lipinski definition) is 1. The van der Waals surface area contributed by atoms with Crippen LogP contribution < -0.4 is 5.32 Å². The van der Waals surface area contributed by atoms with Crippen molar-refractivity contribution in [2.75, 3.05) is 19.6 Å². The van der Waals surface area contributed by atoms with Crippen LogP contribution in [0.4, 0.5) is 0 Å². The zero-order valence-corrected chi connectivity index (χ0v) is 19.2. The van der Waals surface area contributed by atoms with Crippen molar-refractivity contribution in [1.29, 1.82) is 0 Å². The van der Waals surface area contributed by atoms with Crippen molar-refractivity contribution >= 4 is 26.8 Å². The predicted molar refractivity (Wildman–Crippen MR) is 123 cm³/mol. The van der Waals surface area contributed by atoms with Gasteiger partial charge in [-0.3, -0.25) is 4.79 Å². The average Bonchev–Trinajstić information content (AvgIpc) is 3.22. The lowest BCUT2D eigenvalue weighted by atomic mass is 9.96. The minimum absolute atomic E-state index is 0.0215. The molecule has 2 heterocycles. The van der Waals surface area contributed by atoms with E-state index in [1.807, 2.05) is 18.3 Å². The van der Waals surface area contributed by atoms with Gasteiger partial charge < -0.3 is 9.88 Å². The number of rotatable bonds is 7. The number of carbonyl (C=O) groups excluding carboxylic acids is 1. The van der Waals surface area contributed by atoms with Gasteiger partial charge in [-0.05, 0) is 76.1 Å². The summed E-state index contributed by atoms with van der Waals surface area (Å²) in [4.78, 5) is 13.0.